The molecule has 1 aromatic carbocycles. The molecule has 0 aliphatic heterocycles. The zero-order chi connectivity index (χ0) is 15.2. The standard InChI is InChI=1S/C18H20O2S/c1-13-10-14(2)15(3)18(11-13)20-12-17-8-7-16(21-17)6-4-5-9-19/h7-8,10-11,19H,5,9,12H2,1-3H3. The smallest absolute Gasteiger partial charge is 0.123 e. The van der Waals surface area contributed by atoms with E-state index in [2.05, 4.69) is 44.7 Å². The Morgan fingerprint density at radius 3 is 2.76 bits per heavy atom. The van der Waals surface area contributed by atoms with E-state index < -0.39 is 0 Å². The minimum atomic E-state index is 0.111. The van der Waals surface area contributed by atoms with Gasteiger partial charge < -0.3 is 9.84 Å². The van der Waals surface area contributed by atoms with Crippen LogP contribution >= 0.6 is 11.3 Å². The van der Waals surface area contributed by atoms with Crippen molar-refractivity contribution in [3.63, 3.8) is 0 Å². The number of hydrogen-bond acceptors (Lipinski definition) is 3. The maximum Gasteiger partial charge on any atom is 0.123 e. The summed E-state index contributed by atoms with van der Waals surface area (Å²) in [5.74, 6) is 6.93. The molecular weight excluding hydrogens is 280 g/mol. The fraction of sp³-hybridized carbons (Fsp3) is 0.333. The van der Waals surface area contributed by atoms with Crippen LogP contribution in [0.15, 0.2) is 24.3 Å². The molecule has 1 N–H and O–H groups in total. The number of hydrogen-bond donors (Lipinski definition) is 1. The number of aliphatic hydroxyl groups excluding tert-OH is 1. The average molecular weight is 300 g/mol. The molecule has 21 heavy (non-hydrogen) atoms. The van der Waals surface area contributed by atoms with Crippen LogP contribution in [0, 0.1) is 32.6 Å². The molecule has 0 saturated carbocycles. The SMILES string of the molecule is Cc1cc(C)c(C)c(OCc2ccc(C#CCCO)s2)c1. The van der Waals surface area contributed by atoms with Crippen molar-refractivity contribution in [1.29, 1.82) is 0 Å². The molecule has 2 aromatic rings. The van der Waals surface area contributed by atoms with Crippen molar-refractivity contribution >= 4 is 11.3 Å². The average Bonchev–Trinajstić information content (AvgIpc) is 2.89. The summed E-state index contributed by atoms with van der Waals surface area (Å²) >= 11 is 1.64. The Kier molecular flexibility index (Phi) is 5.44. The first-order valence-electron chi connectivity index (χ1n) is 6.99. The molecule has 0 atom stereocenters. The lowest BCUT2D eigenvalue weighted by atomic mass is 10.1. The van der Waals surface area contributed by atoms with E-state index in [1.807, 2.05) is 12.1 Å². The number of thiophene rings is 1. The molecule has 110 valence electrons. The van der Waals surface area contributed by atoms with Gasteiger partial charge in [-0.3, -0.25) is 0 Å². The quantitative estimate of drug-likeness (QED) is 0.865. The van der Waals surface area contributed by atoms with Gasteiger partial charge in [0.1, 0.15) is 12.4 Å². The monoisotopic (exact) mass is 300 g/mol. The Morgan fingerprint density at radius 2 is 2.00 bits per heavy atom. The van der Waals surface area contributed by atoms with Crippen molar-refractivity contribution in [3.8, 4) is 17.6 Å². The van der Waals surface area contributed by atoms with E-state index in [9.17, 15) is 0 Å². The van der Waals surface area contributed by atoms with Gasteiger partial charge in [-0.15, -0.1) is 11.3 Å². The van der Waals surface area contributed by atoms with E-state index >= 15 is 0 Å². The van der Waals surface area contributed by atoms with E-state index in [1.54, 1.807) is 11.3 Å². The third-order valence-electron chi connectivity index (χ3n) is 3.24. The van der Waals surface area contributed by atoms with Crippen molar-refractivity contribution < 1.29 is 9.84 Å². The summed E-state index contributed by atoms with van der Waals surface area (Å²) in [6, 6.07) is 8.30. The minimum Gasteiger partial charge on any atom is -0.488 e. The summed E-state index contributed by atoms with van der Waals surface area (Å²) in [4.78, 5) is 2.17. The number of rotatable bonds is 4. The van der Waals surface area contributed by atoms with Gasteiger partial charge in [0, 0.05) is 11.3 Å². The molecule has 0 spiro atoms. The van der Waals surface area contributed by atoms with Crippen LogP contribution in [0.3, 0.4) is 0 Å². The molecule has 1 aromatic heterocycles. The Morgan fingerprint density at radius 1 is 1.19 bits per heavy atom. The van der Waals surface area contributed by atoms with Crippen LogP contribution in [-0.2, 0) is 6.61 Å². The first-order valence-corrected chi connectivity index (χ1v) is 7.81. The maximum absolute atomic E-state index is 8.71. The number of aliphatic hydroxyl groups is 1. The molecule has 2 nitrogen and oxygen atoms in total. The molecule has 0 radical (unpaired) electrons. The van der Waals surface area contributed by atoms with Crippen LogP contribution in [-0.4, -0.2) is 11.7 Å². The molecule has 0 unspecified atom stereocenters. The van der Waals surface area contributed by atoms with Gasteiger partial charge in [0.15, 0.2) is 0 Å². The van der Waals surface area contributed by atoms with Gasteiger partial charge in [0.25, 0.3) is 0 Å². The number of benzene rings is 1. The van der Waals surface area contributed by atoms with Crippen molar-refractivity contribution in [2.24, 2.45) is 0 Å². The first kappa shape index (κ1) is 15.6. The topological polar surface area (TPSA) is 29.5 Å². The normalized spacial score (nSPS) is 10.1. The highest BCUT2D eigenvalue weighted by Crippen LogP contribution is 2.25. The summed E-state index contributed by atoms with van der Waals surface area (Å²) in [5.41, 5.74) is 3.67. The molecule has 2 rings (SSSR count). The first-order chi connectivity index (χ1) is 10.1. The zero-order valence-electron chi connectivity index (χ0n) is 12.7. The summed E-state index contributed by atoms with van der Waals surface area (Å²) < 4.78 is 5.95. The lowest BCUT2D eigenvalue weighted by molar-refractivity contribution is 0.305. The van der Waals surface area contributed by atoms with Gasteiger partial charge in [0.2, 0.25) is 0 Å². The van der Waals surface area contributed by atoms with Crippen LogP contribution in [0.25, 0.3) is 0 Å². The highest BCUT2D eigenvalue weighted by molar-refractivity contribution is 7.12. The minimum absolute atomic E-state index is 0.111. The second-order valence-electron chi connectivity index (χ2n) is 5.03. The summed E-state index contributed by atoms with van der Waals surface area (Å²) in [6.07, 6.45) is 0.519. The fourth-order valence-corrected chi connectivity index (χ4v) is 2.82. The number of ether oxygens (including phenoxy) is 1. The van der Waals surface area contributed by atoms with Crippen molar-refractivity contribution in [3.05, 3.63) is 50.7 Å². The van der Waals surface area contributed by atoms with Crippen molar-refractivity contribution in [1.82, 2.24) is 0 Å². The second-order valence-corrected chi connectivity index (χ2v) is 6.20. The lowest BCUT2D eigenvalue weighted by Crippen LogP contribution is -1.97. The van der Waals surface area contributed by atoms with Crippen molar-refractivity contribution in [2.75, 3.05) is 6.61 Å². The van der Waals surface area contributed by atoms with E-state index in [-0.39, 0.29) is 6.61 Å². The van der Waals surface area contributed by atoms with Crippen LogP contribution in [0.1, 0.15) is 32.9 Å². The van der Waals surface area contributed by atoms with Gasteiger partial charge in [-0.1, -0.05) is 17.9 Å². The van der Waals surface area contributed by atoms with Crippen LogP contribution in [0.4, 0.5) is 0 Å². The molecule has 0 aliphatic rings. The Bertz CT molecular complexity index is 674. The van der Waals surface area contributed by atoms with E-state index in [4.69, 9.17) is 9.84 Å². The van der Waals surface area contributed by atoms with E-state index in [0.717, 1.165) is 15.5 Å². The Hall–Kier alpha value is -1.76. The number of aryl methyl sites for hydroxylation is 2. The maximum atomic E-state index is 8.71. The Labute approximate surface area is 130 Å². The molecule has 3 heteroatoms. The zero-order valence-corrected chi connectivity index (χ0v) is 13.5. The van der Waals surface area contributed by atoms with Crippen LogP contribution in [0.5, 0.6) is 5.75 Å². The van der Waals surface area contributed by atoms with Gasteiger partial charge in [-0.25, -0.2) is 0 Å². The molecule has 0 saturated heterocycles. The van der Waals surface area contributed by atoms with E-state index in [0.29, 0.717) is 13.0 Å². The van der Waals surface area contributed by atoms with Crippen LogP contribution in [0.2, 0.25) is 0 Å². The summed E-state index contributed by atoms with van der Waals surface area (Å²) in [7, 11) is 0. The van der Waals surface area contributed by atoms with E-state index in [1.165, 1.54) is 16.7 Å². The molecule has 0 aliphatic carbocycles. The van der Waals surface area contributed by atoms with Crippen molar-refractivity contribution in [2.45, 2.75) is 33.8 Å². The molecular formula is C18H20O2S. The molecule has 1 heterocycles. The second kappa shape index (κ2) is 7.31. The largest absolute Gasteiger partial charge is 0.488 e. The Balaban J connectivity index is 2.03. The third-order valence-corrected chi connectivity index (χ3v) is 4.22. The fourth-order valence-electron chi connectivity index (χ4n) is 2.03. The lowest BCUT2D eigenvalue weighted by Gasteiger charge is -2.11. The molecule has 0 amide bonds. The van der Waals surface area contributed by atoms with Gasteiger partial charge >= 0.3 is 0 Å². The van der Waals surface area contributed by atoms with Crippen LogP contribution < -0.4 is 4.74 Å². The third kappa shape index (κ3) is 4.35. The predicted octanol–water partition coefficient (Wildman–Crippen LogP) is 3.99. The van der Waals surface area contributed by atoms with Gasteiger partial charge in [-0.2, -0.15) is 0 Å². The van der Waals surface area contributed by atoms with Gasteiger partial charge in [-0.05, 0) is 55.7 Å². The highest BCUT2D eigenvalue weighted by atomic mass is 32.1. The van der Waals surface area contributed by atoms with Gasteiger partial charge in [0.05, 0.1) is 11.5 Å². The molecule has 0 bridgehead atoms. The molecule has 0 fully saturated rings. The highest BCUT2D eigenvalue weighted by Gasteiger charge is 2.05. The summed E-state index contributed by atoms with van der Waals surface area (Å²) in [5, 5.41) is 8.71. The summed E-state index contributed by atoms with van der Waals surface area (Å²) in [6.45, 7) is 6.95. The predicted molar refractivity (Wildman–Crippen MR) is 87.9 cm³/mol.